The normalized spacial score (nSPS) is 14.3. The molecule has 3 nitrogen and oxygen atoms in total. The van der Waals surface area contributed by atoms with E-state index < -0.39 is 18.0 Å². The zero-order valence-electron chi connectivity index (χ0n) is 8.14. The summed E-state index contributed by atoms with van der Waals surface area (Å²) in [6.07, 6.45) is -5.61. The smallest absolute Gasteiger partial charge is 0.393 e. The van der Waals surface area contributed by atoms with Gasteiger partial charge in [0, 0.05) is 19.0 Å². The summed E-state index contributed by atoms with van der Waals surface area (Å²) in [6.45, 7) is 1.39. The van der Waals surface area contributed by atoms with Gasteiger partial charge in [0.15, 0.2) is 5.69 Å². The SMILES string of the molecule is C[C@H](O)Cc1c(C(F)(F)F)nn(C)c1Cl. The molecule has 0 spiro atoms. The molecule has 0 aliphatic heterocycles. The van der Waals surface area contributed by atoms with Gasteiger partial charge in [0.2, 0.25) is 0 Å². The number of nitrogens with zero attached hydrogens (tertiary/aromatic N) is 2. The third kappa shape index (κ3) is 2.63. The number of aliphatic hydroxyl groups is 1. The number of aromatic nitrogens is 2. The quantitative estimate of drug-likeness (QED) is 0.862. The monoisotopic (exact) mass is 242 g/mol. The summed E-state index contributed by atoms with van der Waals surface area (Å²) in [5.74, 6) is 0. The number of aryl methyl sites for hydroxylation is 1. The number of alkyl halides is 3. The molecule has 0 aromatic carbocycles. The van der Waals surface area contributed by atoms with Gasteiger partial charge in [-0.2, -0.15) is 18.3 Å². The zero-order valence-corrected chi connectivity index (χ0v) is 8.89. The van der Waals surface area contributed by atoms with Crippen molar-refractivity contribution in [3.05, 3.63) is 16.4 Å². The van der Waals surface area contributed by atoms with E-state index in [4.69, 9.17) is 16.7 Å². The van der Waals surface area contributed by atoms with Gasteiger partial charge in [-0.1, -0.05) is 11.6 Å². The van der Waals surface area contributed by atoms with Gasteiger partial charge in [0.05, 0.1) is 6.10 Å². The Morgan fingerprint density at radius 1 is 1.53 bits per heavy atom. The maximum absolute atomic E-state index is 12.5. The largest absolute Gasteiger partial charge is 0.435 e. The van der Waals surface area contributed by atoms with Gasteiger partial charge in [-0.3, -0.25) is 4.68 Å². The van der Waals surface area contributed by atoms with E-state index in [2.05, 4.69) is 5.10 Å². The summed E-state index contributed by atoms with van der Waals surface area (Å²) in [4.78, 5) is 0. The van der Waals surface area contributed by atoms with Gasteiger partial charge >= 0.3 is 6.18 Å². The third-order valence-electron chi connectivity index (χ3n) is 1.84. The van der Waals surface area contributed by atoms with Gasteiger partial charge in [-0.15, -0.1) is 0 Å². The number of hydrogen-bond donors (Lipinski definition) is 1. The number of rotatable bonds is 2. The Kier molecular flexibility index (Phi) is 3.30. The fourth-order valence-corrected chi connectivity index (χ4v) is 1.46. The van der Waals surface area contributed by atoms with Crippen LogP contribution in [0.25, 0.3) is 0 Å². The first-order valence-corrected chi connectivity index (χ1v) is 4.58. The van der Waals surface area contributed by atoms with E-state index in [0.29, 0.717) is 0 Å². The predicted octanol–water partition coefficient (Wildman–Crippen LogP) is 2.02. The highest BCUT2D eigenvalue weighted by Gasteiger charge is 2.38. The van der Waals surface area contributed by atoms with Crippen LogP contribution in [0.3, 0.4) is 0 Å². The lowest BCUT2D eigenvalue weighted by molar-refractivity contribution is -0.142. The van der Waals surface area contributed by atoms with Gasteiger partial charge < -0.3 is 5.11 Å². The summed E-state index contributed by atoms with van der Waals surface area (Å²) < 4.78 is 38.4. The Bertz CT molecular complexity index is 360. The summed E-state index contributed by atoms with van der Waals surface area (Å²) in [7, 11) is 1.32. The second kappa shape index (κ2) is 4.02. The van der Waals surface area contributed by atoms with Crippen LogP contribution in [0.5, 0.6) is 0 Å². The Hall–Kier alpha value is -0.750. The minimum absolute atomic E-state index is 0.0942. The Balaban J connectivity index is 3.21. The van der Waals surface area contributed by atoms with E-state index in [0.717, 1.165) is 4.68 Å². The van der Waals surface area contributed by atoms with E-state index in [1.165, 1.54) is 14.0 Å². The molecule has 1 aromatic heterocycles. The molecule has 0 radical (unpaired) electrons. The van der Waals surface area contributed by atoms with Gasteiger partial charge in [0.25, 0.3) is 0 Å². The molecule has 0 aliphatic carbocycles. The van der Waals surface area contributed by atoms with E-state index >= 15 is 0 Å². The highest BCUT2D eigenvalue weighted by atomic mass is 35.5. The Labute approximate surface area is 89.5 Å². The van der Waals surface area contributed by atoms with Crippen molar-refractivity contribution in [2.45, 2.75) is 25.6 Å². The fraction of sp³-hybridized carbons (Fsp3) is 0.625. The summed E-state index contributed by atoms with van der Waals surface area (Å²) >= 11 is 5.65. The molecule has 0 unspecified atom stereocenters. The minimum atomic E-state index is -4.55. The minimum Gasteiger partial charge on any atom is -0.393 e. The van der Waals surface area contributed by atoms with Crippen LogP contribution in [0, 0.1) is 0 Å². The van der Waals surface area contributed by atoms with Crippen molar-refractivity contribution in [2.24, 2.45) is 7.05 Å². The maximum Gasteiger partial charge on any atom is 0.435 e. The predicted molar refractivity (Wildman–Crippen MR) is 48.6 cm³/mol. The van der Waals surface area contributed by atoms with Crippen molar-refractivity contribution in [2.75, 3.05) is 0 Å². The maximum atomic E-state index is 12.5. The molecule has 1 aromatic rings. The summed E-state index contributed by atoms with van der Waals surface area (Å²) in [5, 5.41) is 12.3. The van der Waals surface area contributed by atoms with Crippen molar-refractivity contribution < 1.29 is 18.3 Å². The molecule has 7 heteroatoms. The van der Waals surface area contributed by atoms with Crippen molar-refractivity contribution in [3.8, 4) is 0 Å². The topological polar surface area (TPSA) is 38.1 Å². The Morgan fingerprint density at radius 2 is 2.07 bits per heavy atom. The molecule has 0 aliphatic rings. The average Bonchev–Trinajstić information content (AvgIpc) is 2.30. The van der Waals surface area contributed by atoms with Crippen molar-refractivity contribution >= 4 is 11.6 Å². The average molecular weight is 243 g/mol. The first kappa shape index (κ1) is 12.3. The third-order valence-corrected chi connectivity index (χ3v) is 2.31. The summed E-state index contributed by atoms with van der Waals surface area (Å²) in [5.41, 5.74) is -1.20. The van der Waals surface area contributed by atoms with Crippen molar-refractivity contribution in [1.82, 2.24) is 9.78 Å². The van der Waals surface area contributed by atoms with Crippen LogP contribution in [0.4, 0.5) is 13.2 Å². The number of aliphatic hydroxyl groups excluding tert-OH is 1. The first-order chi connectivity index (χ1) is 6.73. The molecule has 0 saturated heterocycles. The van der Waals surface area contributed by atoms with Crippen LogP contribution in [0.2, 0.25) is 5.15 Å². The lowest BCUT2D eigenvalue weighted by atomic mass is 10.1. The summed E-state index contributed by atoms with van der Waals surface area (Å²) in [6, 6.07) is 0. The van der Waals surface area contributed by atoms with Gasteiger partial charge in [-0.25, -0.2) is 0 Å². The van der Waals surface area contributed by atoms with Crippen LogP contribution in [-0.4, -0.2) is 21.0 Å². The molecule has 1 N–H and O–H groups in total. The molecule has 1 rings (SSSR count). The van der Waals surface area contributed by atoms with Crippen LogP contribution in [0.15, 0.2) is 0 Å². The van der Waals surface area contributed by atoms with E-state index in [-0.39, 0.29) is 17.1 Å². The van der Waals surface area contributed by atoms with Crippen LogP contribution in [0.1, 0.15) is 18.2 Å². The van der Waals surface area contributed by atoms with Gasteiger partial charge in [0.1, 0.15) is 5.15 Å². The second-order valence-corrected chi connectivity index (χ2v) is 3.65. The second-order valence-electron chi connectivity index (χ2n) is 3.29. The molecule has 0 amide bonds. The standard InChI is InChI=1S/C8H10ClF3N2O/c1-4(15)3-5-6(8(10,11)12)13-14(2)7(5)9/h4,15H,3H2,1-2H3/t4-/m0/s1. The molecule has 86 valence electrons. The molecular weight excluding hydrogens is 233 g/mol. The fourth-order valence-electron chi connectivity index (χ4n) is 1.25. The Morgan fingerprint density at radius 3 is 2.47 bits per heavy atom. The van der Waals surface area contributed by atoms with E-state index in [1.807, 2.05) is 0 Å². The lowest BCUT2D eigenvalue weighted by Crippen LogP contribution is -2.13. The highest BCUT2D eigenvalue weighted by Crippen LogP contribution is 2.34. The van der Waals surface area contributed by atoms with Crippen LogP contribution < -0.4 is 0 Å². The lowest BCUT2D eigenvalue weighted by Gasteiger charge is -2.07. The van der Waals surface area contributed by atoms with Crippen molar-refractivity contribution in [3.63, 3.8) is 0 Å². The molecule has 1 atom stereocenters. The molecule has 0 bridgehead atoms. The van der Waals surface area contributed by atoms with Gasteiger partial charge in [-0.05, 0) is 6.92 Å². The number of hydrogen-bond acceptors (Lipinski definition) is 2. The molecule has 15 heavy (non-hydrogen) atoms. The molecule has 1 heterocycles. The van der Waals surface area contributed by atoms with E-state index in [1.54, 1.807) is 0 Å². The molecule has 0 saturated carbocycles. The van der Waals surface area contributed by atoms with Crippen molar-refractivity contribution in [1.29, 1.82) is 0 Å². The zero-order chi connectivity index (χ0) is 11.8. The molecular formula is C8H10ClF3N2O. The van der Waals surface area contributed by atoms with E-state index in [9.17, 15) is 13.2 Å². The van der Waals surface area contributed by atoms with Crippen LogP contribution >= 0.6 is 11.6 Å². The van der Waals surface area contributed by atoms with Crippen LogP contribution in [-0.2, 0) is 19.6 Å². The highest BCUT2D eigenvalue weighted by molar-refractivity contribution is 6.30. The first-order valence-electron chi connectivity index (χ1n) is 4.20. The molecule has 0 fully saturated rings. The number of halogens is 4.